The van der Waals surface area contributed by atoms with Gasteiger partial charge in [-0.05, 0) is 18.4 Å². The normalized spacial score (nSPS) is 18.9. The average molecular weight is 272 g/mol. The molecule has 1 heterocycles. The van der Waals surface area contributed by atoms with Crippen LogP contribution < -0.4 is 10.2 Å². The Morgan fingerprint density at radius 2 is 2.05 bits per heavy atom. The summed E-state index contributed by atoms with van der Waals surface area (Å²) in [5.74, 6) is 2.32. The maximum absolute atomic E-state index is 3.56. The molecule has 1 fully saturated rings. The number of nitrogens with zero attached hydrogens (tertiary/aromatic N) is 1. The summed E-state index contributed by atoms with van der Waals surface area (Å²) in [6, 6.07) is 15.9. The van der Waals surface area contributed by atoms with E-state index in [2.05, 4.69) is 59.6 Å². The third-order valence-electron chi connectivity index (χ3n) is 3.72. The van der Waals surface area contributed by atoms with Crippen molar-refractivity contribution < 1.29 is 0 Å². The van der Waals surface area contributed by atoms with Gasteiger partial charge in [-0.2, -0.15) is 0 Å². The monoisotopic (exact) mass is 272 g/mol. The minimum absolute atomic E-state index is 0.615. The molecule has 1 N–H and O–H groups in total. The number of benzene rings is 2. The molecular weight excluding hydrogens is 252 g/mol. The zero-order chi connectivity index (χ0) is 13.1. The fourth-order valence-electron chi connectivity index (χ4n) is 2.70. The smallest absolute Gasteiger partial charge is 0.0446 e. The van der Waals surface area contributed by atoms with Crippen molar-refractivity contribution >= 4 is 28.2 Å². The summed E-state index contributed by atoms with van der Waals surface area (Å²) in [5, 5.41) is 6.25. The second kappa shape index (κ2) is 5.85. The maximum Gasteiger partial charge on any atom is 0.0446 e. The van der Waals surface area contributed by atoms with Crippen molar-refractivity contribution in [1.82, 2.24) is 5.32 Å². The Kier molecular flexibility index (Phi) is 3.95. The second-order valence-electron chi connectivity index (χ2n) is 4.95. The van der Waals surface area contributed by atoms with Crippen LogP contribution in [0.25, 0.3) is 10.8 Å². The van der Waals surface area contributed by atoms with Crippen molar-refractivity contribution in [3.8, 4) is 0 Å². The number of rotatable bonds is 4. The number of hydrogen-bond donors (Lipinski definition) is 1. The van der Waals surface area contributed by atoms with Crippen LogP contribution in [-0.4, -0.2) is 30.8 Å². The molecule has 0 saturated carbocycles. The highest BCUT2D eigenvalue weighted by Gasteiger charge is 2.18. The highest BCUT2D eigenvalue weighted by molar-refractivity contribution is 7.99. The van der Waals surface area contributed by atoms with Crippen LogP contribution in [0.5, 0.6) is 0 Å². The molecule has 2 aromatic carbocycles. The lowest BCUT2D eigenvalue weighted by atomic mass is 10.1. The summed E-state index contributed by atoms with van der Waals surface area (Å²) in [7, 11) is 0. The van der Waals surface area contributed by atoms with Crippen molar-refractivity contribution in [2.45, 2.75) is 13.0 Å². The van der Waals surface area contributed by atoms with Gasteiger partial charge in [0.2, 0.25) is 0 Å². The Morgan fingerprint density at radius 1 is 1.21 bits per heavy atom. The van der Waals surface area contributed by atoms with Gasteiger partial charge in [0.1, 0.15) is 0 Å². The van der Waals surface area contributed by atoms with Gasteiger partial charge in [0.25, 0.3) is 0 Å². The van der Waals surface area contributed by atoms with E-state index in [4.69, 9.17) is 0 Å². The Bertz CT molecular complexity index is 544. The van der Waals surface area contributed by atoms with Gasteiger partial charge in [0, 0.05) is 41.8 Å². The van der Waals surface area contributed by atoms with Gasteiger partial charge in [-0.15, -0.1) is 11.8 Å². The van der Waals surface area contributed by atoms with Gasteiger partial charge in [0.05, 0.1) is 0 Å². The van der Waals surface area contributed by atoms with Gasteiger partial charge < -0.3 is 10.2 Å². The zero-order valence-electron chi connectivity index (χ0n) is 11.3. The molecule has 1 atom stereocenters. The van der Waals surface area contributed by atoms with E-state index in [0.29, 0.717) is 6.04 Å². The standard InChI is InChI=1S/C16H20N2S/c1-2-18(10-14-11-19-12-17-14)16-9-5-7-13-6-3-4-8-15(13)16/h3-9,14,17H,2,10-12H2,1H3. The number of nitrogens with one attached hydrogen (secondary N) is 1. The fourth-order valence-corrected chi connectivity index (χ4v) is 3.68. The Balaban J connectivity index is 1.91. The van der Waals surface area contributed by atoms with Crippen LogP contribution >= 0.6 is 11.8 Å². The van der Waals surface area contributed by atoms with Crippen molar-refractivity contribution in [3.05, 3.63) is 42.5 Å². The first-order valence-corrected chi connectivity index (χ1v) is 8.08. The molecule has 2 nitrogen and oxygen atoms in total. The van der Waals surface area contributed by atoms with E-state index in [1.807, 2.05) is 11.8 Å². The van der Waals surface area contributed by atoms with Crippen LogP contribution in [0.3, 0.4) is 0 Å². The van der Waals surface area contributed by atoms with E-state index in [1.54, 1.807) is 0 Å². The summed E-state index contributed by atoms with van der Waals surface area (Å²) < 4.78 is 0. The first kappa shape index (κ1) is 12.8. The summed E-state index contributed by atoms with van der Waals surface area (Å²) in [5.41, 5.74) is 1.36. The van der Waals surface area contributed by atoms with Crippen LogP contribution in [-0.2, 0) is 0 Å². The average Bonchev–Trinajstić information content (AvgIpc) is 2.97. The van der Waals surface area contributed by atoms with E-state index in [0.717, 1.165) is 19.0 Å². The summed E-state index contributed by atoms with van der Waals surface area (Å²) >= 11 is 2.00. The first-order chi connectivity index (χ1) is 9.38. The van der Waals surface area contributed by atoms with Crippen LogP contribution in [0.1, 0.15) is 6.92 Å². The molecule has 19 heavy (non-hydrogen) atoms. The highest BCUT2D eigenvalue weighted by atomic mass is 32.2. The second-order valence-corrected chi connectivity index (χ2v) is 5.98. The lowest BCUT2D eigenvalue weighted by molar-refractivity contribution is 0.611. The molecule has 3 heteroatoms. The van der Waals surface area contributed by atoms with Gasteiger partial charge >= 0.3 is 0 Å². The molecule has 1 aliphatic rings. The summed E-state index contributed by atoms with van der Waals surface area (Å²) in [6.07, 6.45) is 0. The predicted octanol–water partition coefficient (Wildman–Crippen LogP) is 3.33. The molecule has 1 saturated heterocycles. The molecule has 0 bridgehead atoms. The van der Waals surface area contributed by atoms with E-state index >= 15 is 0 Å². The molecule has 3 rings (SSSR count). The predicted molar refractivity (Wildman–Crippen MR) is 86.1 cm³/mol. The quantitative estimate of drug-likeness (QED) is 0.919. The third-order valence-corrected chi connectivity index (χ3v) is 4.73. The number of thioether (sulfide) groups is 1. The number of anilines is 1. The Hall–Kier alpha value is -1.19. The lowest BCUT2D eigenvalue weighted by Crippen LogP contribution is -2.39. The van der Waals surface area contributed by atoms with Gasteiger partial charge in [0.15, 0.2) is 0 Å². The third kappa shape index (κ3) is 2.72. The topological polar surface area (TPSA) is 15.3 Å². The fraction of sp³-hybridized carbons (Fsp3) is 0.375. The first-order valence-electron chi connectivity index (χ1n) is 6.92. The van der Waals surface area contributed by atoms with E-state index in [1.165, 1.54) is 22.2 Å². The molecular formula is C16H20N2S. The number of hydrogen-bond acceptors (Lipinski definition) is 3. The molecule has 0 spiro atoms. The molecule has 0 radical (unpaired) electrons. The van der Waals surface area contributed by atoms with Crippen molar-refractivity contribution in [3.63, 3.8) is 0 Å². The molecule has 100 valence electrons. The van der Waals surface area contributed by atoms with E-state index < -0.39 is 0 Å². The maximum atomic E-state index is 3.56. The Labute approximate surface area is 119 Å². The summed E-state index contributed by atoms with van der Waals surface area (Å²) in [4.78, 5) is 2.49. The molecule has 0 aliphatic carbocycles. The molecule has 0 aromatic heterocycles. The SMILES string of the molecule is CCN(CC1CSCN1)c1cccc2ccccc12. The van der Waals surface area contributed by atoms with Crippen molar-refractivity contribution in [2.24, 2.45) is 0 Å². The largest absolute Gasteiger partial charge is 0.370 e. The highest BCUT2D eigenvalue weighted by Crippen LogP contribution is 2.27. The van der Waals surface area contributed by atoms with E-state index in [9.17, 15) is 0 Å². The van der Waals surface area contributed by atoms with Crippen LogP contribution in [0.2, 0.25) is 0 Å². The van der Waals surface area contributed by atoms with E-state index in [-0.39, 0.29) is 0 Å². The number of fused-ring (bicyclic) bond motifs is 1. The van der Waals surface area contributed by atoms with Gasteiger partial charge in [-0.1, -0.05) is 36.4 Å². The Morgan fingerprint density at radius 3 is 2.84 bits per heavy atom. The van der Waals surface area contributed by atoms with Crippen molar-refractivity contribution in [2.75, 3.05) is 29.6 Å². The molecule has 1 unspecified atom stereocenters. The lowest BCUT2D eigenvalue weighted by Gasteiger charge is -2.27. The minimum Gasteiger partial charge on any atom is -0.370 e. The van der Waals surface area contributed by atoms with Gasteiger partial charge in [-0.3, -0.25) is 0 Å². The van der Waals surface area contributed by atoms with Crippen molar-refractivity contribution in [1.29, 1.82) is 0 Å². The van der Waals surface area contributed by atoms with Crippen LogP contribution in [0.4, 0.5) is 5.69 Å². The summed E-state index contributed by atoms with van der Waals surface area (Å²) in [6.45, 7) is 4.39. The van der Waals surface area contributed by atoms with Gasteiger partial charge in [-0.25, -0.2) is 0 Å². The minimum atomic E-state index is 0.615. The van der Waals surface area contributed by atoms with Crippen LogP contribution in [0.15, 0.2) is 42.5 Å². The number of likely N-dealkylation sites (N-methyl/N-ethyl adjacent to an activating group) is 1. The molecule has 1 aliphatic heterocycles. The zero-order valence-corrected chi connectivity index (χ0v) is 12.1. The van der Waals surface area contributed by atoms with Crippen LogP contribution in [0, 0.1) is 0 Å². The molecule has 2 aromatic rings. The molecule has 0 amide bonds.